The van der Waals surface area contributed by atoms with Gasteiger partial charge < -0.3 is 15.4 Å². The zero-order chi connectivity index (χ0) is 17.4. The Morgan fingerprint density at radius 2 is 2.08 bits per heavy atom. The van der Waals surface area contributed by atoms with Gasteiger partial charge >= 0.3 is 5.97 Å². The van der Waals surface area contributed by atoms with E-state index in [1.165, 1.54) is 7.11 Å². The van der Waals surface area contributed by atoms with E-state index in [4.69, 9.17) is 4.74 Å². The lowest BCUT2D eigenvalue weighted by atomic mass is 9.85. The lowest BCUT2D eigenvalue weighted by molar-refractivity contribution is -0.145. The normalized spacial score (nSPS) is 20.0. The Labute approximate surface area is 144 Å². The Balaban J connectivity index is 1.90. The van der Waals surface area contributed by atoms with E-state index in [1.54, 1.807) is 0 Å². The van der Waals surface area contributed by atoms with Crippen molar-refractivity contribution in [1.29, 1.82) is 0 Å². The molecular formula is C19H28N2O3. The van der Waals surface area contributed by atoms with E-state index in [1.807, 2.05) is 30.3 Å². The van der Waals surface area contributed by atoms with Crippen LogP contribution in [0, 0.1) is 11.8 Å². The van der Waals surface area contributed by atoms with Crippen LogP contribution in [0.5, 0.6) is 0 Å². The van der Waals surface area contributed by atoms with E-state index in [2.05, 4.69) is 17.6 Å². The summed E-state index contributed by atoms with van der Waals surface area (Å²) >= 11 is 0. The number of ether oxygens (including phenoxy) is 1. The van der Waals surface area contributed by atoms with Gasteiger partial charge in [-0.05, 0) is 43.3 Å². The average Bonchev–Trinajstić information content (AvgIpc) is 2.62. The summed E-state index contributed by atoms with van der Waals surface area (Å²) in [6.45, 7) is 4.15. The highest BCUT2D eigenvalue weighted by atomic mass is 16.5. The molecule has 3 atom stereocenters. The summed E-state index contributed by atoms with van der Waals surface area (Å²) in [6, 6.07) is 9.01. The molecule has 3 unspecified atom stereocenters. The highest BCUT2D eigenvalue weighted by Gasteiger charge is 2.25. The van der Waals surface area contributed by atoms with E-state index < -0.39 is 12.0 Å². The molecule has 0 bridgehead atoms. The van der Waals surface area contributed by atoms with Crippen molar-refractivity contribution in [2.24, 2.45) is 11.8 Å². The van der Waals surface area contributed by atoms with Crippen LogP contribution in [0.15, 0.2) is 30.3 Å². The number of amides is 1. The number of nitrogens with one attached hydrogen (secondary N) is 2. The van der Waals surface area contributed by atoms with Crippen LogP contribution in [-0.2, 0) is 20.7 Å². The number of hydrogen-bond acceptors (Lipinski definition) is 4. The predicted octanol–water partition coefficient (Wildman–Crippen LogP) is 1.91. The molecule has 24 heavy (non-hydrogen) atoms. The summed E-state index contributed by atoms with van der Waals surface area (Å²) in [4.78, 5) is 24.4. The molecule has 1 fully saturated rings. The van der Waals surface area contributed by atoms with E-state index in [0.717, 1.165) is 31.5 Å². The molecule has 1 aromatic carbocycles. The van der Waals surface area contributed by atoms with Gasteiger partial charge in [0.15, 0.2) is 0 Å². The van der Waals surface area contributed by atoms with Gasteiger partial charge in [-0.1, -0.05) is 37.3 Å². The lowest BCUT2D eigenvalue weighted by Crippen LogP contribution is -2.44. The molecule has 1 heterocycles. The summed E-state index contributed by atoms with van der Waals surface area (Å²) < 4.78 is 4.84. The minimum Gasteiger partial charge on any atom is -0.467 e. The maximum atomic E-state index is 12.4. The summed E-state index contributed by atoms with van der Waals surface area (Å²) in [6.07, 6.45) is 3.20. The number of carbonyl (C=O) groups is 2. The van der Waals surface area contributed by atoms with Crippen molar-refractivity contribution < 1.29 is 14.3 Å². The standard InChI is InChI=1S/C19H28N2O3/c1-14(16-9-6-10-20-13-16)11-18(22)21-17(19(23)24-2)12-15-7-4-3-5-8-15/h3-5,7-8,14,16-17,20H,6,9-13H2,1-2H3,(H,21,22). The van der Waals surface area contributed by atoms with Crippen LogP contribution in [-0.4, -0.2) is 38.1 Å². The zero-order valence-corrected chi connectivity index (χ0v) is 14.6. The number of benzene rings is 1. The topological polar surface area (TPSA) is 67.4 Å². The highest BCUT2D eigenvalue weighted by molar-refractivity contribution is 5.84. The fourth-order valence-corrected chi connectivity index (χ4v) is 3.26. The Hall–Kier alpha value is -1.88. The van der Waals surface area contributed by atoms with Crippen LogP contribution in [0.25, 0.3) is 0 Å². The second-order valence-electron chi connectivity index (χ2n) is 6.62. The molecule has 0 aromatic heterocycles. The molecule has 5 nitrogen and oxygen atoms in total. The second-order valence-corrected chi connectivity index (χ2v) is 6.62. The van der Waals surface area contributed by atoms with Crippen molar-refractivity contribution in [3.63, 3.8) is 0 Å². The quantitative estimate of drug-likeness (QED) is 0.749. The van der Waals surface area contributed by atoms with Gasteiger partial charge in [-0.15, -0.1) is 0 Å². The molecule has 0 aliphatic carbocycles. The SMILES string of the molecule is COC(=O)C(Cc1ccccc1)NC(=O)CC(C)C1CCCNC1. The molecule has 0 spiro atoms. The summed E-state index contributed by atoms with van der Waals surface area (Å²) in [5.41, 5.74) is 0.998. The molecule has 0 radical (unpaired) electrons. The first kappa shape index (κ1) is 18.5. The molecule has 132 valence electrons. The number of piperidine rings is 1. The molecule has 1 amide bonds. The maximum Gasteiger partial charge on any atom is 0.328 e. The van der Waals surface area contributed by atoms with Crippen molar-refractivity contribution >= 4 is 11.9 Å². The van der Waals surface area contributed by atoms with Gasteiger partial charge in [-0.3, -0.25) is 4.79 Å². The first-order chi connectivity index (χ1) is 11.6. The number of hydrogen-bond donors (Lipinski definition) is 2. The third kappa shape index (κ3) is 5.64. The van der Waals surface area contributed by atoms with E-state index >= 15 is 0 Å². The zero-order valence-electron chi connectivity index (χ0n) is 14.6. The van der Waals surface area contributed by atoms with Crippen LogP contribution in [0.2, 0.25) is 0 Å². The van der Waals surface area contributed by atoms with Crippen molar-refractivity contribution in [3.8, 4) is 0 Å². The highest BCUT2D eigenvalue weighted by Crippen LogP contribution is 2.22. The lowest BCUT2D eigenvalue weighted by Gasteiger charge is -2.28. The molecule has 2 rings (SSSR count). The van der Waals surface area contributed by atoms with Gasteiger partial charge in [0.2, 0.25) is 5.91 Å². The minimum absolute atomic E-state index is 0.0839. The number of carbonyl (C=O) groups excluding carboxylic acids is 2. The first-order valence-corrected chi connectivity index (χ1v) is 8.72. The van der Waals surface area contributed by atoms with E-state index in [-0.39, 0.29) is 5.91 Å². The first-order valence-electron chi connectivity index (χ1n) is 8.72. The van der Waals surface area contributed by atoms with Crippen LogP contribution in [0.4, 0.5) is 0 Å². The Morgan fingerprint density at radius 3 is 2.71 bits per heavy atom. The van der Waals surface area contributed by atoms with Gasteiger partial charge in [0.1, 0.15) is 6.04 Å². The Kier molecular flexibility index (Phi) is 7.25. The van der Waals surface area contributed by atoms with Crippen LogP contribution < -0.4 is 10.6 Å². The van der Waals surface area contributed by atoms with Gasteiger partial charge in [0, 0.05) is 12.8 Å². The molecule has 0 saturated carbocycles. The largest absolute Gasteiger partial charge is 0.467 e. The smallest absolute Gasteiger partial charge is 0.328 e. The molecule has 1 aliphatic rings. The summed E-state index contributed by atoms with van der Waals surface area (Å²) in [5.74, 6) is 0.335. The van der Waals surface area contributed by atoms with Crippen LogP contribution in [0.1, 0.15) is 31.7 Å². The third-order valence-electron chi connectivity index (χ3n) is 4.75. The van der Waals surface area contributed by atoms with E-state index in [9.17, 15) is 9.59 Å². The molecule has 1 aromatic rings. The van der Waals surface area contributed by atoms with Crippen LogP contribution >= 0.6 is 0 Å². The monoisotopic (exact) mass is 332 g/mol. The van der Waals surface area contributed by atoms with Crippen molar-refractivity contribution in [1.82, 2.24) is 10.6 Å². The molecule has 1 aliphatic heterocycles. The van der Waals surface area contributed by atoms with Crippen LogP contribution in [0.3, 0.4) is 0 Å². The van der Waals surface area contributed by atoms with Gasteiger partial charge in [-0.25, -0.2) is 4.79 Å². The van der Waals surface area contributed by atoms with Gasteiger partial charge in [0.25, 0.3) is 0 Å². The van der Waals surface area contributed by atoms with Gasteiger partial charge in [-0.2, -0.15) is 0 Å². The molecule has 1 saturated heterocycles. The van der Waals surface area contributed by atoms with E-state index in [0.29, 0.717) is 24.7 Å². The minimum atomic E-state index is -0.637. The fourth-order valence-electron chi connectivity index (χ4n) is 3.26. The Morgan fingerprint density at radius 1 is 1.33 bits per heavy atom. The predicted molar refractivity (Wildman–Crippen MR) is 93.5 cm³/mol. The third-order valence-corrected chi connectivity index (χ3v) is 4.75. The maximum absolute atomic E-state index is 12.4. The fraction of sp³-hybridized carbons (Fsp3) is 0.579. The average molecular weight is 332 g/mol. The van der Waals surface area contributed by atoms with Gasteiger partial charge in [0.05, 0.1) is 7.11 Å². The second kappa shape index (κ2) is 9.42. The number of rotatable bonds is 7. The number of esters is 1. The molecule has 5 heteroatoms. The molecule has 2 N–H and O–H groups in total. The van der Waals surface area contributed by atoms with Crippen molar-refractivity contribution in [2.45, 2.75) is 38.6 Å². The summed E-state index contributed by atoms with van der Waals surface area (Å²) in [7, 11) is 1.35. The summed E-state index contributed by atoms with van der Waals surface area (Å²) in [5, 5.41) is 6.24. The Bertz CT molecular complexity index is 527. The number of methoxy groups -OCH3 is 1. The van der Waals surface area contributed by atoms with Crippen molar-refractivity contribution in [3.05, 3.63) is 35.9 Å². The van der Waals surface area contributed by atoms with Crippen molar-refractivity contribution in [2.75, 3.05) is 20.2 Å². The molecular weight excluding hydrogens is 304 g/mol.